The molecule has 0 fully saturated rings. The maximum atomic E-state index is 12.6. The first-order chi connectivity index (χ1) is 11.7. The number of carbonyl (C=O) groups excluding carboxylic acids is 1. The molecule has 0 atom stereocenters. The molecule has 0 saturated carbocycles. The van der Waals surface area contributed by atoms with Gasteiger partial charge in [0.2, 0.25) is 0 Å². The van der Waals surface area contributed by atoms with Gasteiger partial charge in [-0.25, -0.2) is 9.67 Å². The second-order valence-corrected chi connectivity index (χ2v) is 6.39. The van der Waals surface area contributed by atoms with Gasteiger partial charge in [-0.2, -0.15) is 5.10 Å². The first kappa shape index (κ1) is 14.6. The number of thiazole rings is 1. The summed E-state index contributed by atoms with van der Waals surface area (Å²) in [6, 6.07) is 19.3. The van der Waals surface area contributed by atoms with E-state index in [0.29, 0.717) is 10.8 Å². The Kier molecular flexibility index (Phi) is 3.59. The first-order valence-electron chi connectivity index (χ1n) is 7.50. The van der Waals surface area contributed by atoms with E-state index in [4.69, 9.17) is 0 Å². The number of carbonyl (C=O) groups is 1. The molecule has 0 spiro atoms. The fraction of sp³-hybridized carbons (Fsp3) is 0.0556. The summed E-state index contributed by atoms with van der Waals surface area (Å²) in [6.45, 7) is 1.90. The molecule has 0 bridgehead atoms. The number of fused-ring (bicyclic) bond motifs is 1. The molecule has 0 saturated heterocycles. The van der Waals surface area contributed by atoms with E-state index in [1.807, 2.05) is 67.6 Å². The van der Waals surface area contributed by atoms with E-state index in [0.717, 1.165) is 21.6 Å². The van der Waals surface area contributed by atoms with Crippen molar-refractivity contribution in [3.8, 4) is 5.69 Å². The van der Waals surface area contributed by atoms with Crippen molar-refractivity contribution < 1.29 is 4.79 Å². The molecule has 0 radical (unpaired) electrons. The van der Waals surface area contributed by atoms with E-state index < -0.39 is 0 Å². The smallest absolute Gasteiger partial charge is 0.285 e. The summed E-state index contributed by atoms with van der Waals surface area (Å²) >= 11 is 1.38. The molecule has 1 amide bonds. The number of benzene rings is 2. The van der Waals surface area contributed by atoms with Gasteiger partial charge in [-0.05, 0) is 31.2 Å². The van der Waals surface area contributed by atoms with Crippen LogP contribution >= 0.6 is 11.3 Å². The van der Waals surface area contributed by atoms with Gasteiger partial charge in [-0.15, -0.1) is 11.3 Å². The van der Waals surface area contributed by atoms with Gasteiger partial charge in [0.15, 0.2) is 5.01 Å². The molecule has 4 aromatic rings. The maximum Gasteiger partial charge on any atom is 0.285 e. The molecular formula is C18H14N4OS. The van der Waals surface area contributed by atoms with Crippen molar-refractivity contribution in [1.29, 1.82) is 0 Å². The van der Waals surface area contributed by atoms with E-state index in [9.17, 15) is 4.79 Å². The highest BCUT2D eigenvalue weighted by Crippen LogP contribution is 2.23. The van der Waals surface area contributed by atoms with Crippen LogP contribution in [0.2, 0.25) is 0 Å². The van der Waals surface area contributed by atoms with Gasteiger partial charge < -0.3 is 5.32 Å². The van der Waals surface area contributed by atoms with Crippen LogP contribution in [0.5, 0.6) is 0 Å². The SMILES string of the molecule is Cc1cc(NC(=O)c2nc3ccccc3s2)n(-c2ccccc2)n1. The Morgan fingerprint density at radius 1 is 1.08 bits per heavy atom. The minimum atomic E-state index is -0.228. The van der Waals surface area contributed by atoms with Crippen LogP contribution in [0.3, 0.4) is 0 Å². The summed E-state index contributed by atoms with van der Waals surface area (Å²) in [5.41, 5.74) is 2.56. The third-order valence-corrected chi connectivity index (χ3v) is 4.60. The summed E-state index contributed by atoms with van der Waals surface area (Å²) in [5, 5.41) is 7.81. The average molecular weight is 334 g/mol. The van der Waals surface area contributed by atoms with Gasteiger partial charge in [0.05, 0.1) is 21.6 Å². The Balaban J connectivity index is 1.67. The number of anilines is 1. The molecule has 0 aliphatic rings. The average Bonchev–Trinajstić information content (AvgIpc) is 3.19. The number of amides is 1. The second-order valence-electron chi connectivity index (χ2n) is 5.36. The Bertz CT molecular complexity index is 987. The maximum absolute atomic E-state index is 12.6. The summed E-state index contributed by atoms with van der Waals surface area (Å²) in [5.74, 6) is 0.399. The van der Waals surface area contributed by atoms with Crippen LogP contribution < -0.4 is 5.32 Å². The fourth-order valence-electron chi connectivity index (χ4n) is 2.49. The third kappa shape index (κ3) is 2.68. The van der Waals surface area contributed by atoms with Gasteiger partial charge in [0.25, 0.3) is 5.91 Å². The van der Waals surface area contributed by atoms with E-state index >= 15 is 0 Å². The molecule has 2 aromatic carbocycles. The summed E-state index contributed by atoms with van der Waals surface area (Å²) in [6.07, 6.45) is 0. The Labute approximate surface area is 142 Å². The molecule has 118 valence electrons. The molecule has 24 heavy (non-hydrogen) atoms. The lowest BCUT2D eigenvalue weighted by Crippen LogP contribution is -2.14. The minimum absolute atomic E-state index is 0.228. The zero-order valence-corrected chi connectivity index (χ0v) is 13.7. The van der Waals surface area contributed by atoms with E-state index in [2.05, 4.69) is 15.4 Å². The van der Waals surface area contributed by atoms with Crippen LogP contribution in [-0.2, 0) is 0 Å². The highest BCUT2D eigenvalue weighted by Gasteiger charge is 2.15. The van der Waals surface area contributed by atoms with Crippen molar-refractivity contribution >= 4 is 33.3 Å². The summed E-state index contributed by atoms with van der Waals surface area (Å²) in [7, 11) is 0. The highest BCUT2D eigenvalue weighted by atomic mass is 32.1. The normalized spacial score (nSPS) is 10.9. The van der Waals surface area contributed by atoms with Gasteiger partial charge in [0, 0.05) is 6.07 Å². The van der Waals surface area contributed by atoms with Crippen molar-refractivity contribution in [2.24, 2.45) is 0 Å². The Morgan fingerprint density at radius 2 is 1.83 bits per heavy atom. The first-order valence-corrected chi connectivity index (χ1v) is 8.31. The predicted molar refractivity (Wildman–Crippen MR) is 95.9 cm³/mol. The second kappa shape index (κ2) is 5.90. The number of nitrogens with one attached hydrogen (secondary N) is 1. The minimum Gasteiger partial charge on any atom is -0.304 e. The molecule has 0 aliphatic heterocycles. The molecule has 0 unspecified atom stereocenters. The molecular weight excluding hydrogens is 320 g/mol. The lowest BCUT2D eigenvalue weighted by Gasteiger charge is -2.07. The monoisotopic (exact) mass is 334 g/mol. The number of hydrogen-bond acceptors (Lipinski definition) is 4. The van der Waals surface area contributed by atoms with Crippen molar-refractivity contribution in [1.82, 2.24) is 14.8 Å². The van der Waals surface area contributed by atoms with Crippen molar-refractivity contribution in [3.05, 3.63) is 71.4 Å². The number of rotatable bonds is 3. The van der Waals surface area contributed by atoms with Crippen LogP contribution in [-0.4, -0.2) is 20.7 Å². The van der Waals surface area contributed by atoms with Crippen LogP contribution in [0, 0.1) is 6.92 Å². The van der Waals surface area contributed by atoms with E-state index in [1.54, 1.807) is 4.68 Å². The molecule has 1 N–H and O–H groups in total. The zero-order valence-electron chi connectivity index (χ0n) is 12.9. The Hall–Kier alpha value is -2.99. The van der Waals surface area contributed by atoms with Crippen molar-refractivity contribution in [2.75, 3.05) is 5.32 Å². The van der Waals surface area contributed by atoms with Gasteiger partial charge in [-0.3, -0.25) is 4.79 Å². The number of hydrogen-bond donors (Lipinski definition) is 1. The number of nitrogens with zero attached hydrogens (tertiary/aromatic N) is 3. The van der Waals surface area contributed by atoms with E-state index in [-0.39, 0.29) is 5.91 Å². The molecule has 2 aromatic heterocycles. The van der Waals surface area contributed by atoms with Crippen LogP contribution in [0.1, 0.15) is 15.5 Å². The van der Waals surface area contributed by atoms with Crippen molar-refractivity contribution in [3.63, 3.8) is 0 Å². The van der Waals surface area contributed by atoms with Crippen LogP contribution in [0.25, 0.3) is 15.9 Å². The zero-order chi connectivity index (χ0) is 16.5. The van der Waals surface area contributed by atoms with E-state index in [1.165, 1.54) is 11.3 Å². The van der Waals surface area contributed by atoms with Gasteiger partial charge in [0.1, 0.15) is 5.82 Å². The molecule has 4 rings (SSSR count). The third-order valence-electron chi connectivity index (χ3n) is 3.56. The topological polar surface area (TPSA) is 59.8 Å². The summed E-state index contributed by atoms with van der Waals surface area (Å²) < 4.78 is 2.72. The largest absolute Gasteiger partial charge is 0.304 e. The quantitative estimate of drug-likeness (QED) is 0.615. The van der Waals surface area contributed by atoms with Gasteiger partial charge in [-0.1, -0.05) is 30.3 Å². The standard InChI is InChI=1S/C18H14N4OS/c1-12-11-16(22(21-12)13-7-3-2-4-8-13)20-17(23)18-19-14-9-5-6-10-15(14)24-18/h2-11H,1H3,(H,20,23). The van der Waals surface area contributed by atoms with Crippen LogP contribution in [0.15, 0.2) is 60.7 Å². The van der Waals surface area contributed by atoms with Crippen LogP contribution in [0.4, 0.5) is 5.82 Å². The fourth-order valence-corrected chi connectivity index (χ4v) is 3.35. The Morgan fingerprint density at radius 3 is 2.62 bits per heavy atom. The molecule has 6 heteroatoms. The molecule has 0 aliphatic carbocycles. The molecule has 2 heterocycles. The van der Waals surface area contributed by atoms with Crippen molar-refractivity contribution in [2.45, 2.75) is 6.92 Å². The van der Waals surface area contributed by atoms with Gasteiger partial charge >= 0.3 is 0 Å². The lowest BCUT2D eigenvalue weighted by atomic mass is 10.3. The highest BCUT2D eigenvalue weighted by molar-refractivity contribution is 7.20. The number of aryl methyl sites for hydroxylation is 1. The predicted octanol–water partition coefficient (Wildman–Crippen LogP) is 4.04. The lowest BCUT2D eigenvalue weighted by molar-refractivity contribution is 0.102. The number of aromatic nitrogens is 3. The number of para-hydroxylation sites is 2. The molecule has 5 nitrogen and oxygen atoms in total. The summed E-state index contributed by atoms with van der Waals surface area (Å²) in [4.78, 5) is 17.0.